The van der Waals surface area contributed by atoms with Gasteiger partial charge in [-0.05, 0) is 29.8 Å². The van der Waals surface area contributed by atoms with Crippen molar-refractivity contribution in [1.82, 2.24) is 9.55 Å². The molecular weight excluding hydrogens is 295 g/mol. The van der Waals surface area contributed by atoms with E-state index in [0.29, 0.717) is 17.6 Å². The number of halogens is 2. The Balaban J connectivity index is 2.03. The van der Waals surface area contributed by atoms with Crippen LogP contribution in [0.25, 0.3) is 11.0 Å². The first-order chi connectivity index (χ1) is 10.1. The first-order valence-electron chi connectivity index (χ1n) is 6.17. The Bertz CT molecular complexity index is 845. The maximum Gasteiger partial charge on any atom is 0.337 e. The lowest BCUT2D eigenvalue weighted by Gasteiger charge is -2.06. The van der Waals surface area contributed by atoms with E-state index in [4.69, 9.17) is 16.7 Å². The van der Waals surface area contributed by atoms with Crippen LogP contribution in [0.3, 0.4) is 0 Å². The highest BCUT2D eigenvalue weighted by Gasteiger charge is 2.12. The topological polar surface area (TPSA) is 55.1 Å². The van der Waals surface area contributed by atoms with Gasteiger partial charge in [-0.25, -0.2) is 14.2 Å². The summed E-state index contributed by atoms with van der Waals surface area (Å²) in [6.07, 6.45) is 1.56. The predicted octanol–water partition coefficient (Wildman–Crippen LogP) is 3.58. The number of para-hydroxylation sites is 1. The van der Waals surface area contributed by atoms with Crippen LogP contribution >= 0.6 is 11.6 Å². The zero-order valence-corrected chi connectivity index (χ0v) is 11.5. The maximum absolute atomic E-state index is 13.2. The number of nitrogens with zero attached hydrogens (tertiary/aromatic N) is 2. The summed E-state index contributed by atoms with van der Waals surface area (Å²) in [5.74, 6) is -1.49. The van der Waals surface area contributed by atoms with Crippen LogP contribution in [-0.2, 0) is 6.54 Å². The smallest absolute Gasteiger partial charge is 0.337 e. The summed E-state index contributed by atoms with van der Waals surface area (Å²) in [6.45, 7) is 0.430. The molecule has 0 aliphatic carbocycles. The normalized spacial score (nSPS) is 11.0. The molecule has 0 bridgehead atoms. The van der Waals surface area contributed by atoms with Crippen LogP contribution in [0, 0.1) is 5.82 Å². The van der Waals surface area contributed by atoms with Crippen molar-refractivity contribution in [2.45, 2.75) is 6.54 Å². The van der Waals surface area contributed by atoms with Gasteiger partial charge in [0.15, 0.2) is 0 Å². The molecular formula is C15H10ClFN2O2. The molecule has 1 aromatic heterocycles. The van der Waals surface area contributed by atoms with Gasteiger partial charge in [-0.2, -0.15) is 0 Å². The molecule has 1 N–H and O–H groups in total. The highest BCUT2D eigenvalue weighted by molar-refractivity contribution is 6.30. The number of hydrogen-bond acceptors (Lipinski definition) is 2. The highest BCUT2D eigenvalue weighted by Crippen LogP contribution is 2.21. The van der Waals surface area contributed by atoms with Gasteiger partial charge in [0.2, 0.25) is 0 Å². The monoisotopic (exact) mass is 304 g/mol. The Morgan fingerprint density at radius 2 is 2.14 bits per heavy atom. The zero-order valence-electron chi connectivity index (χ0n) is 10.8. The van der Waals surface area contributed by atoms with E-state index in [-0.39, 0.29) is 10.6 Å². The number of carboxylic acids is 1. The third kappa shape index (κ3) is 2.48. The van der Waals surface area contributed by atoms with E-state index in [2.05, 4.69) is 4.98 Å². The number of carboxylic acid groups (broad SMARTS) is 1. The van der Waals surface area contributed by atoms with E-state index < -0.39 is 11.8 Å². The van der Waals surface area contributed by atoms with Crippen LogP contribution in [0.5, 0.6) is 0 Å². The molecule has 3 aromatic rings. The van der Waals surface area contributed by atoms with E-state index in [1.54, 1.807) is 35.2 Å². The van der Waals surface area contributed by atoms with Crippen molar-refractivity contribution in [3.8, 4) is 0 Å². The lowest BCUT2D eigenvalue weighted by atomic mass is 10.2. The van der Waals surface area contributed by atoms with Gasteiger partial charge in [0.05, 0.1) is 22.4 Å². The fourth-order valence-corrected chi connectivity index (χ4v) is 2.42. The molecule has 0 saturated heterocycles. The number of rotatable bonds is 3. The summed E-state index contributed by atoms with van der Waals surface area (Å²) < 4.78 is 15.0. The van der Waals surface area contributed by atoms with Gasteiger partial charge >= 0.3 is 5.97 Å². The summed E-state index contributed by atoms with van der Waals surface area (Å²) in [4.78, 5) is 15.3. The standard InChI is InChI=1S/C15H10ClFN2O2/c16-11-6-9(4-5-12(11)17)7-19-8-18-14-10(15(20)21)2-1-3-13(14)19/h1-6,8H,7H2,(H,20,21). The summed E-state index contributed by atoms with van der Waals surface area (Å²) in [5.41, 5.74) is 2.10. The van der Waals surface area contributed by atoms with Crippen molar-refractivity contribution >= 4 is 28.6 Å². The predicted molar refractivity (Wildman–Crippen MR) is 77.2 cm³/mol. The van der Waals surface area contributed by atoms with Crippen molar-refractivity contribution in [3.63, 3.8) is 0 Å². The van der Waals surface area contributed by atoms with E-state index in [0.717, 1.165) is 5.56 Å². The summed E-state index contributed by atoms with van der Waals surface area (Å²) in [5, 5.41) is 9.20. The Kier molecular flexibility index (Phi) is 3.35. The lowest BCUT2D eigenvalue weighted by Crippen LogP contribution is -2.00. The van der Waals surface area contributed by atoms with Crippen LogP contribution in [0.1, 0.15) is 15.9 Å². The molecule has 0 amide bonds. The molecule has 2 aromatic carbocycles. The quantitative estimate of drug-likeness (QED) is 0.804. The fraction of sp³-hybridized carbons (Fsp3) is 0.0667. The third-order valence-corrected chi connectivity index (χ3v) is 3.51. The largest absolute Gasteiger partial charge is 0.478 e. The van der Waals surface area contributed by atoms with Gasteiger partial charge < -0.3 is 9.67 Å². The van der Waals surface area contributed by atoms with Crippen molar-refractivity contribution in [3.05, 3.63) is 64.7 Å². The second kappa shape index (κ2) is 5.18. The molecule has 106 valence electrons. The molecule has 3 rings (SSSR count). The van der Waals surface area contributed by atoms with Crippen LogP contribution < -0.4 is 0 Å². The molecule has 0 aliphatic heterocycles. The highest BCUT2D eigenvalue weighted by atomic mass is 35.5. The van der Waals surface area contributed by atoms with Crippen molar-refractivity contribution in [1.29, 1.82) is 0 Å². The Morgan fingerprint density at radius 1 is 1.33 bits per heavy atom. The van der Waals surface area contributed by atoms with Crippen molar-refractivity contribution in [2.75, 3.05) is 0 Å². The average Bonchev–Trinajstić information content (AvgIpc) is 2.86. The van der Waals surface area contributed by atoms with Crippen LogP contribution in [-0.4, -0.2) is 20.6 Å². The minimum Gasteiger partial charge on any atom is -0.478 e. The summed E-state index contributed by atoms with van der Waals surface area (Å²) >= 11 is 5.76. The second-order valence-electron chi connectivity index (χ2n) is 4.60. The minimum atomic E-state index is -1.02. The second-order valence-corrected chi connectivity index (χ2v) is 5.01. The van der Waals surface area contributed by atoms with Crippen LogP contribution in [0.2, 0.25) is 5.02 Å². The number of fused-ring (bicyclic) bond motifs is 1. The number of aromatic nitrogens is 2. The fourth-order valence-electron chi connectivity index (χ4n) is 2.22. The third-order valence-electron chi connectivity index (χ3n) is 3.22. The molecule has 0 saturated carbocycles. The molecule has 0 fully saturated rings. The lowest BCUT2D eigenvalue weighted by molar-refractivity contribution is 0.0699. The Morgan fingerprint density at radius 3 is 2.86 bits per heavy atom. The van der Waals surface area contributed by atoms with Gasteiger partial charge in [0.25, 0.3) is 0 Å². The van der Waals surface area contributed by atoms with E-state index >= 15 is 0 Å². The number of imidazole rings is 1. The molecule has 0 atom stereocenters. The molecule has 21 heavy (non-hydrogen) atoms. The molecule has 4 nitrogen and oxygen atoms in total. The Labute approximate surface area is 124 Å². The minimum absolute atomic E-state index is 0.0585. The average molecular weight is 305 g/mol. The van der Waals surface area contributed by atoms with E-state index in [9.17, 15) is 9.18 Å². The van der Waals surface area contributed by atoms with Crippen molar-refractivity contribution < 1.29 is 14.3 Å². The number of aromatic carboxylic acids is 1. The number of carbonyl (C=O) groups is 1. The van der Waals surface area contributed by atoms with Crippen LogP contribution in [0.4, 0.5) is 4.39 Å². The van der Waals surface area contributed by atoms with Crippen molar-refractivity contribution in [2.24, 2.45) is 0 Å². The van der Waals surface area contributed by atoms with Gasteiger partial charge in [-0.3, -0.25) is 0 Å². The van der Waals surface area contributed by atoms with E-state index in [1.807, 2.05) is 0 Å². The number of hydrogen-bond donors (Lipinski definition) is 1. The number of benzene rings is 2. The molecule has 0 unspecified atom stereocenters. The van der Waals surface area contributed by atoms with Gasteiger partial charge in [-0.1, -0.05) is 23.7 Å². The summed E-state index contributed by atoms with van der Waals surface area (Å²) in [7, 11) is 0. The molecule has 0 aliphatic rings. The first kappa shape index (κ1) is 13.6. The molecule has 0 radical (unpaired) electrons. The Hall–Kier alpha value is -2.40. The van der Waals surface area contributed by atoms with Gasteiger partial charge in [0.1, 0.15) is 11.3 Å². The SMILES string of the molecule is O=C(O)c1cccc2c1ncn2Cc1ccc(F)c(Cl)c1. The maximum atomic E-state index is 13.2. The molecule has 6 heteroatoms. The van der Waals surface area contributed by atoms with Gasteiger partial charge in [0, 0.05) is 6.54 Å². The molecule has 0 spiro atoms. The first-order valence-corrected chi connectivity index (χ1v) is 6.55. The molecule has 1 heterocycles. The van der Waals surface area contributed by atoms with Gasteiger partial charge in [-0.15, -0.1) is 0 Å². The zero-order chi connectivity index (χ0) is 15.0. The summed E-state index contributed by atoms with van der Waals surface area (Å²) in [6, 6.07) is 9.45. The van der Waals surface area contributed by atoms with Crippen LogP contribution in [0.15, 0.2) is 42.7 Å². The van der Waals surface area contributed by atoms with E-state index in [1.165, 1.54) is 12.1 Å².